The van der Waals surface area contributed by atoms with E-state index in [1.807, 2.05) is 35.2 Å². The van der Waals surface area contributed by atoms with Gasteiger partial charge in [0, 0.05) is 29.7 Å². The van der Waals surface area contributed by atoms with Crippen molar-refractivity contribution in [3.63, 3.8) is 0 Å². The van der Waals surface area contributed by atoms with E-state index in [2.05, 4.69) is 0 Å². The van der Waals surface area contributed by atoms with E-state index in [9.17, 15) is 4.79 Å². The molecule has 4 nitrogen and oxygen atoms in total. The SMILES string of the molecule is Cl.NC1CCC2CN(C(=O)C(Oc3ccc(Cl)cc3)c3ccccc3)CC12. The maximum atomic E-state index is 13.3. The van der Waals surface area contributed by atoms with Crippen molar-refractivity contribution in [1.29, 1.82) is 0 Å². The molecule has 4 unspecified atom stereocenters. The van der Waals surface area contributed by atoms with Gasteiger partial charge in [-0.3, -0.25) is 4.79 Å². The summed E-state index contributed by atoms with van der Waals surface area (Å²) < 4.78 is 6.10. The van der Waals surface area contributed by atoms with Gasteiger partial charge in [-0.15, -0.1) is 12.4 Å². The van der Waals surface area contributed by atoms with Gasteiger partial charge >= 0.3 is 0 Å². The van der Waals surface area contributed by atoms with E-state index in [1.54, 1.807) is 24.3 Å². The molecule has 2 aliphatic rings. The fourth-order valence-electron chi connectivity index (χ4n) is 4.19. The Hall–Kier alpha value is -1.75. The summed E-state index contributed by atoms with van der Waals surface area (Å²) in [5.74, 6) is 1.59. The Kier molecular flexibility index (Phi) is 6.30. The molecule has 2 fully saturated rings. The Bertz CT molecular complexity index is 770. The van der Waals surface area contributed by atoms with E-state index >= 15 is 0 Å². The number of hydrogen-bond acceptors (Lipinski definition) is 3. The molecular weight excluding hydrogens is 383 g/mol. The highest BCUT2D eigenvalue weighted by Crippen LogP contribution is 2.38. The van der Waals surface area contributed by atoms with Crippen LogP contribution in [0, 0.1) is 11.8 Å². The van der Waals surface area contributed by atoms with E-state index in [1.165, 1.54) is 0 Å². The minimum absolute atomic E-state index is 0. The van der Waals surface area contributed by atoms with Crippen LogP contribution in [0.2, 0.25) is 5.02 Å². The third kappa shape index (κ3) is 4.23. The number of benzene rings is 2. The minimum Gasteiger partial charge on any atom is -0.476 e. The van der Waals surface area contributed by atoms with Crippen molar-refractivity contribution in [2.45, 2.75) is 25.0 Å². The van der Waals surface area contributed by atoms with Crippen molar-refractivity contribution in [3.05, 3.63) is 65.2 Å². The van der Waals surface area contributed by atoms with Crippen LogP contribution in [0.1, 0.15) is 24.5 Å². The zero-order valence-electron chi connectivity index (χ0n) is 15.0. The molecule has 0 bridgehead atoms. The first-order valence-corrected chi connectivity index (χ1v) is 9.51. The van der Waals surface area contributed by atoms with Crippen molar-refractivity contribution in [2.24, 2.45) is 17.6 Å². The van der Waals surface area contributed by atoms with E-state index < -0.39 is 6.10 Å². The number of rotatable bonds is 4. The van der Waals surface area contributed by atoms with Gasteiger partial charge in [-0.2, -0.15) is 0 Å². The number of ether oxygens (including phenoxy) is 1. The quantitative estimate of drug-likeness (QED) is 0.831. The predicted molar refractivity (Wildman–Crippen MR) is 109 cm³/mol. The fraction of sp³-hybridized carbons (Fsp3) is 0.381. The number of nitrogens with zero attached hydrogens (tertiary/aromatic N) is 1. The summed E-state index contributed by atoms with van der Waals surface area (Å²) in [6.07, 6.45) is 1.53. The molecule has 2 aromatic carbocycles. The molecule has 1 amide bonds. The first-order chi connectivity index (χ1) is 12.6. The molecule has 1 saturated carbocycles. The van der Waals surface area contributed by atoms with E-state index in [-0.39, 0.29) is 24.4 Å². The zero-order valence-corrected chi connectivity index (χ0v) is 16.5. The van der Waals surface area contributed by atoms with Crippen LogP contribution in [0.15, 0.2) is 54.6 Å². The zero-order chi connectivity index (χ0) is 18.1. The molecular formula is C21H24Cl2N2O2. The Labute approximate surface area is 171 Å². The first-order valence-electron chi connectivity index (χ1n) is 9.13. The topological polar surface area (TPSA) is 55.6 Å². The van der Waals surface area contributed by atoms with Crippen molar-refractivity contribution < 1.29 is 9.53 Å². The number of hydrogen-bond donors (Lipinski definition) is 1. The molecule has 0 radical (unpaired) electrons. The summed E-state index contributed by atoms with van der Waals surface area (Å²) in [4.78, 5) is 15.2. The van der Waals surface area contributed by atoms with Crippen LogP contribution in [-0.4, -0.2) is 29.9 Å². The maximum absolute atomic E-state index is 13.3. The number of carbonyl (C=O) groups is 1. The molecule has 4 atom stereocenters. The smallest absolute Gasteiger partial charge is 0.268 e. The van der Waals surface area contributed by atoms with E-state index in [0.717, 1.165) is 31.5 Å². The summed E-state index contributed by atoms with van der Waals surface area (Å²) >= 11 is 5.96. The predicted octanol–water partition coefficient (Wildman–Crippen LogP) is 4.08. The molecule has 4 rings (SSSR count). The lowest BCUT2D eigenvalue weighted by molar-refractivity contribution is -0.138. The van der Waals surface area contributed by atoms with E-state index in [0.29, 0.717) is 22.6 Å². The fourth-order valence-corrected chi connectivity index (χ4v) is 4.32. The molecule has 2 aromatic rings. The lowest BCUT2D eigenvalue weighted by atomic mass is 9.98. The summed E-state index contributed by atoms with van der Waals surface area (Å²) in [6.45, 7) is 1.52. The largest absolute Gasteiger partial charge is 0.476 e. The highest BCUT2D eigenvalue weighted by Gasteiger charge is 2.44. The Morgan fingerprint density at radius 3 is 2.44 bits per heavy atom. The van der Waals surface area contributed by atoms with Gasteiger partial charge in [0.25, 0.3) is 5.91 Å². The molecule has 1 heterocycles. The Balaban J connectivity index is 0.00000210. The molecule has 2 N–H and O–H groups in total. The summed E-state index contributed by atoms with van der Waals surface area (Å²) in [6, 6.07) is 17.0. The third-order valence-electron chi connectivity index (χ3n) is 5.62. The number of amides is 1. The van der Waals surface area contributed by atoms with Gasteiger partial charge in [-0.1, -0.05) is 41.9 Å². The second-order valence-electron chi connectivity index (χ2n) is 7.27. The van der Waals surface area contributed by atoms with Crippen LogP contribution in [0.3, 0.4) is 0 Å². The summed E-state index contributed by atoms with van der Waals surface area (Å²) in [5.41, 5.74) is 7.08. The minimum atomic E-state index is -0.660. The van der Waals surface area contributed by atoms with Crippen molar-refractivity contribution >= 4 is 29.9 Å². The van der Waals surface area contributed by atoms with Gasteiger partial charge < -0.3 is 15.4 Å². The van der Waals surface area contributed by atoms with Crippen molar-refractivity contribution in [1.82, 2.24) is 4.90 Å². The molecule has 6 heteroatoms. The first kappa shape index (κ1) is 20.0. The molecule has 144 valence electrons. The van der Waals surface area contributed by atoms with E-state index in [4.69, 9.17) is 22.1 Å². The Morgan fingerprint density at radius 1 is 1.07 bits per heavy atom. The number of halogens is 2. The van der Waals surface area contributed by atoms with Crippen LogP contribution >= 0.6 is 24.0 Å². The van der Waals surface area contributed by atoms with Crippen molar-refractivity contribution in [2.75, 3.05) is 13.1 Å². The molecule has 27 heavy (non-hydrogen) atoms. The lowest BCUT2D eigenvalue weighted by Gasteiger charge is -2.25. The van der Waals surface area contributed by atoms with Gasteiger partial charge in [-0.25, -0.2) is 0 Å². The van der Waals surface area contributed by atoms with Crippen LogP contribution in [0.4, 0.5) is 0 Å². The second-order valence-corrected chi connectivity index (χ2v) is 7.71. The van der Waals surface area contributed by atoms with Crippen molar-refractivity contribution in [3.8, 4) is 5.75 Å². The van der Waals surface area contributed by atoms with Crippen LogP contribution in [0.25, 0.3) is 0 Å². The molecule has 0 spiro atoms. The van der Waals surface area contributed by atoms with Gasteiger partial charge in [0.2, 0.25) is 6.10 Å². The lowest BCUT2D eigenvalue weighted by Crippen LogP contribution is -2.38. The average Bonchev–Trinajstić information content (AvgIpc) is 3.24. The normalized spacial score (nSPS) is 24.8. The van der Waals surface area contributed by atoms with Gasteiger partial charge in [0.15, 0.2) is 0 Å². The third-order valence-corrected chi connectivity index (χ3v) is 5.87. The van der Waals surface area contributed by atoms with Gasteiger partial charge in [-0.05, 0) is 48.9 Å². The number of nitrogens with two attached hydrogens (primary N) is 1. The summed E-state index contributed by atoms with van der Waals surface area (Å²) in [5, 5.41) is 0.640. The molecule has 0 aromatic heterocycles. The van der Waals surface area contributed by atoms with Gasteiger partial charge in [0.05, 0.1) is 0 Å². The maximum Gasteiger partial charge on any atom is 0.268 e. The highest BCUT2D eigenvalue weighted by molar-refractivity contribution is 6.30. The molecule has 1 saturated heterocycles. The number of fused-ring (bicyclic) bond motifs is 1. The highest BCUT2D eigenvalue weighted by atomic mass is 35.5. The number of carbonyl (C=O) groups excluding carboxylic acids is 1. The second kappa shape index (κ2) is 8.51. The Morgan fingerprint density at radius 2 is 1.78 bits per heavy atom. The monoisotopic (exact) mass is 406 g/mol. The van der Waals surface area contributed by atoms with Crippen LogP contribution < -0.4 is 10.5 Å². The molecule has 1 aliphatic carbocycles. The van der Waals surface area contributed by atoms with Crippen LogP contribution in [-0.2, 0) is 4.79 Å². The van der Waals surface area contributed by atoms with Crippen LogP contribution in [0.5, 0.6) is 5.75 Å². The number of likely N-dealkylation sites (tertiary alicyclic amines) is 1. The molecule has 1 aliphatic heterocycles. The standard InChI is InChI=1S/C21H23ClN2O2.ClH/c22-16-7-9-17(10-8-16)26-20(14-4-2-1-3-5-14)21(25)24-12-15-6-11-19(23)18(15)13-24;/h1-5,7-10,15,18-20H,6,11-13,23H2;1H. The van der Waals surface area contributed by atoms with Gasteiger partial charge in [0.1, 0.15) is 5.75 Å². The summed E-state index contributed by atoms with van der Waals surface area (Å²) in [7, 11) is 0. The average molecular weight is 407 g/mol.